The van der Waals surface area contributed by atoms with Crippen molar-refractivity contribution < 1.29 is 9.32 Å². The van der Waals surface area contributed by atoms with Gasteiger partial charge in [-0.25, -0.2) is 0 Å². The third-order valence-electron chi connectivity index (χ3n) is 5.41. The predicted octanol–water partition coefficient (Wildman–Crippen LogP) is 5.05. The second kappa shape index (κ2) is 11.2. The number of carbonyl (C=O) groups excluding carboxylic acids is 1. The lowest BCUT2D eigenvalue weighted by atomic mass is 10.1. The highest BCUT2D eigenvalue weighted by Crippen LogP contribution is 2.32. The zero-order valence-corrected chi connectivity index (χ0v) is 20.0. The first-order chi connectivity index (χ1) is 15.4. The van der Waals surface area contributed by atoms with Crippen LogP contribution in [0.15, 0.2) is 59.1 Å². The van der Waals surface area contributed by atoms with Crippen LogP contribution in [0.2, 0.25) is 5.02 Å². The fourth-order valence-corrected chi connectivity index (χ4v) is 3.69. The smallest absolute Gasteiger partial charge is 0.254 e. The van der Waals surface area contributed by atoms with Crippen molar-refractivity contribution >= 4 is 23.4 Å². The van der Waals surface area contributed by atoms with Gasteiger partial charge in [-0.15, -0.1) is 0 Å². The van der Waals surface area contributed by atoms with Crippen molar-refractivity contribution in [1.82, 2.24) is 15.0 Å². The highest BCUT2D eigenvalue weighted by atomic mass is 35.5. The van der Waals surface area contributed by atoms with E-state index in [-0.39, 0.29) is 5.91 Å². The van der Waals surface area contributed by atoms with Crippen LogP contribution in [-0.2, 0) is 6.54 Å². The maximum atomic E-state index is 13.5. The molecule has 0 spiro atoms. The number of amides is 1. The van der Waals surface area contributed by atoms with Crippen molar-refractivity contribution in [2.24, 2.45) is 0 Å². The van der Waals surface area contributed by atoms with Gasteiger partial charge in [0, 0.05) is 42.3 Å². The summed E-state index contributed by atoms with van der Waals surface area (Å²) in [5, 5.41) is 5.02. The maximum absolute atomic E-state index is 13.5. The van der Waals surface area contributed by atoms with Crippen LogP contribution in [0.4, 0.5) is 5.88 Å². The summed E-state index contributed by atoms with van der Waals surface area (Å²) in [5.74, 6) is 0.668. The monoisotopic (exact) mass is 454 g/mol. The van der Waals surface area contributed by atoms with Gasteiger partial charge in [0.1, 0.15) is 5.69 Å². The Bertz CT molecular complexity index is 999. The highest BCUT2D eigenvalue weighted by Gasteiger charge is 2.26. The molecule has 0 radical (unpaired) electrons. The van der Waals surface area contributed by atoms with E-state index in [4.69, 9.17) is 16.1 Å². The Morgan fingerprint density at radius 2 is 1.62 bits per heavy atom. The number of anilines is 1. The van der Waals surface area contributed by atoms with Crippen molar-refractivity contribution in [1.29, 1.82) is 0 Å². The fraction of sp³-hybridized carbons (Fsp3) is 0.360. The maximum Gasteiger partial charge on any atom is 0.254 e. The van der Waals surface area contributed by atoms with Crippen LogP contribution in [-0.4, -0.2) is 61.1 Å². The molecule has 3 rings (SSSR count). The van der Waals surface area contributed by atoms with Gasteiger partial charge in [0.15, 0.2) is 0 Å². The van der Waals surface area contributed by atoms with E-state index >= 15 is 0 Å². The van der Waals surface area contributed by atoms with Crippen molar-refractivity contribution in [3.05, 3.63) is 70.7 Å². The lowest BCUT2D eigenvalue weighted by Gasteiger charge is -2.26. The Kier molecular flexibility index (Phi) is 8.31. The molecule has 32 heavy (non-hydrogen) atoms. The molecule has 0 unspecified atom stereocenters. The van der Waals surface area contributed by atoms with Crippen molar-refractivity contribution in [3.63, 3.8) is 0 Å². The fourth-order valence-electron chi connectivity index (χ4n) is 3.56. The molecule has 0 atom stereocenters. The zero-order chi connectivity index (χ0) is 23.1. The lowest BCUT2D eigenvalue weighted by Crippen LogP contribution is -2.36. The van der Waals surface area contributed by atoms with Gasteiger partial charge >= 0.3 is 0 Å². The van der Waals surface area contributed by atoms with Gasteiger partial charge in [-0.2, -0.15) is 0 Å². The Labute approximate surface area is 195 Å². The molecule has 2 aromatic carbocycles. The molecule has 0 saturated carbocycles. The number of benzene rings is 2. The molecule has 1 amide bonds. The number of halogens is 1. The molecular formula is C25H31ClN4O2. The third-order valence-corrected chi connectivity index (χ3v) is 5.66. The lowest BCUT2D eigenvalue weighted by molar-refractivity contribution is 0.0732. The van der Waals surface area contributed by atoms with E-state index in [0.717, 1.165) is 36.5 Å². The van der Waals surface area contributed by atoms with Gasteiger partial charge in [0.25, 0.3) is 5.91 Å². The first kappa shape index (κ1) is 23.8. The summed E-state index contributed by atoms with van der Waals surface area (Å²) in [6.07, 6.45) is 0. The molecule has 7 heteroatoms. The number of aromatic nitrogens is 1. The minimum atomic E-state index is -0.0470. The topological polar surface area (TPSA) is 52.8 Å². The van der Waals surface area contributed by atoms with Gasteiger partial charge in [-0.1, -0.05) is 47.1 Å². The molecular weight excluding hydrogens is 424 g/mol. The molecule has 0 aliphatic rings. The number of nitrogens with zero attached hydrogens (tertiary/aromatic N) is 4. The molecule has 0 aliphatic carbocycles. The van der Waals surface area contributed by atoms with E-state index in [9.17, 15) is 4.79 Å². The average molecular weight is 455 g/mol. The summed E-state index contributed by atoms with van der Waals surface area (Å²) in [6, 6.07) is 17.0. The van der Waals surface area contributed by atoms with Crippen molar-refractivity contribution in [2.45, 2.75) is 20.4 Å². The quantitative estimate of drug-likeness (QED) is 0.429. The second-order valence-electron chi connectivity index (χ2n) is 7.89. The van der Waals surface area contributed by atoms with E-state index in [1.54, 1.807) is 24.3 Å². The molecule has 1 aromatic heterocycles. The van der Waals surface area contributed by atoms with Crippen LogP contribution in [0.3, 0.4) is 0 Å². The van der Waals surface area contributed by atoms with Gasteiger partial charge < -0.3 is 19.2 Å². The molecule has 170 valence electrons. The van der Waals surface area contributed by atoms with E-state index in [0.29, 0.717) is 29.6 Å². The third kappa shape index (κ3) is 5.69. The Hall–Kier alpha value is -2.83. The first-order valence-corrected chi connectivity index (χ1v) is 11.3. The standard InChI is InChI=1S/C25H31ClN4O2/c1-5-29(6-2)25-22(23(27-32-25)19-10-8-7-9-11-19)18-30(17-16-28(3)4)24(31)20-12-14-21(26)15-13-20/h7-15H,5-6,16-18H2,1-4H3. The zero-order valence-electron chi connectivity index (χ0n) is 19.2. The number of rotatable bonds is 10. The molecule has 0 saturated heterocycles. The molecule has 6 nitrogen and oxygen atoms in total. The minimum Gasteiger partial charge on any atom is -0.341 e. The Balaban J connectivity index is 2.02. The first-order valence-electron chi connectivity index (χ1n) is 10.9. The Morgan fingerprint density at radius 3 is 2.22 bits per heavy atom. The van der Waals surface area contributed by atoms with Crippen LogP contribution in [0.1, 0.15) is 29.8 Å². The number of carbonyl (C=O) groups is 1. The van der Waals surface area contributed by atoms with E-state index < -0.39 is 0 Å². The van der Waals surface area contributed by atoms with Crippen LogP contribution in [0.5, 0.6) is 0 Å². The van der Waals surface area contributed by atoms with E-state index in [1.165, 1.54) is 0 Å². The predicted molar refractivity (Wildman–Crippen MR) is 130 cm³/mol. The van der Waals surface area contributed by atoms with Crippen molar-refractivity contribution in [2.75, 3.05) is 45.2 Å². The summed E-state index contributed by atoms with van der Waals surface area (Å²) in [7, 11) is 4.00. The second-order valence-corrected chi connectivity index (χ2v) is 8.33. The summed E-state index contributed by atoms with van der Waals surface area (Å²) >= 11 is 6.03. The molecule has 0 N–H and O–H groups in total. The van der Waals surface area contributed by atoms with Crippen LogP contribution in [0, 0.1) is 0 Å². The summed E-state index contributed by atoms with van der Waals surface area (Å²) in [6.45, 7) is 7.46. The van der Waals surface area contributed by atoms with Gasteiger partial charge in [0.2, 0.25) is 5.88 Å². The number of hydrogen-bond acceptors (Lipinski definition) is 5. The van der Waals surface area contributed by atoms with Gasteiger partial charge in [0.05, 0.1) is 12.1 Å². The number of hydrogen-bond donors (Lipinski definition) is 0. The molecule has 0 aliphatic heterocycles. The minimum absolute atomic E-state index is 0.0470. The molecule has 1 heterocycles. The van der Waals surface area contributed by atoms with Crippen LogP contribution >= 0.6 is 11.6 Å². The number of likely N-dealkylation sites (N-methyl/N-ethyl adjacent to an activating group) is 1. The largest absolute Gasteiger partial charge is 0.341 e. The van der Waals surface area contributed by atoms with Gasteiger partial charge in [-0.05, 0) is 52.2 Å². The van der Waals surface area contributed by atoms with Crippen LogP contribution < -0.4 is 4.90 Å². The summed E-state index contributed by atoms with van der Waals surface area (Å²) in [5.41, 5.74) is 3.26. The normalized spacial score (nSPS) is 11.1. The van der Waals surface area contributed by atoms with E-state index in [2.05, 4.69) is 28.8 Å². The van der Waals surface area contributed by atoms with E-state index in [1.807, 2.05) is 49.3 Å². The van der Waals surface area contributed by atoms with Gasteiger partial charge in [-0.3, -0.25) is 4.79 Å². The summed E-state index contributed by atoms with van der Waals surface area (Å²) in [4.78, 5) is 19.5. The summed E-state index contributed by atoms with van der Waals surface area (Å²) < 4.78 is 5.83. The average Bonchev–Trinajstić information content (AvgIpc) is 3.21. The highest BCUT2D eigenvalue weighted by molar-refractivity contribution is 6.30. The van der Waals surface area contributed by atoms with Crippen LogP contribution in [0.25, 0.3) is 11.3 Å². The SMILES string of the molecule is CCN(CC)c1onc(-c2ccccc2)c1CN(CCN(C)C)C(=O)c1ccc(Cl)cc1. The van der Waals surface area contributed by atoms with Crippen molar-refractivity contribution in [3.8, 4) is 11.3 Å². The molecule has 0 bridgehead atoms. The molecule has 3 aromatic rings. The molecule has 0 fully saturated rings. The Morgan fingerprint density at radius 1 is 0.969 bits per heavy atom.